The summed E-state index contributed by atoms with van der Waals surface area (Å²) in [5.41, 5.74) is 4.52. The van der Waals surface area contributed by atoms with Crippen molar-refractivity contribution >= 4 is 6.09 Å². The largest absolute Gasteiger partial charge is 0.444 e. The summed E-state index contributed by atoms with van der Waals surface area (Å²) in [6, 6.07) is -1.09. The molecule has 1 heterocycles. The zero-order valence-electron chi connectivity index (χ0n) is 11.2. The van der Waals surface area contributed by atoms with E-state index in [0.29, 0.717) is 19.4 Å². The molecule has 0 saturated carbocycles. The highest BCUT2D eigenvalue weighted by Crippen LogP contribution is 2.34. The lowest BCUT2D eigenvalue weighted by Crippen LogP contribution is -2.49. The number of ether oxygens (including phenoxy) is 1. The average molecular weight is 264 g/mol. The molecule has 18 heavy (non-hydrogen) atoms. The molecular formula is C12H22F2N2O2. The summed E-state index contributed by atoms with van der Waals surface area (Å²) < 4.78 is 32.8. The van der Waals surface area contributed by atoms with Crippen LogP contribution in [0.4, 0.5) is 13.6 Å². The average Bonchev–Trinajstić information content (AvgIpc) is 2.63. The monoisotopic (exact) mass is 264 g/mol. The molecule has 1 aliphatic rings. The Hall–Kier alpha value is -0.910. The molecule has 1 fully saturated rings. The van der Waals surface area contributed by atoms with Gasteiger partial charge in [-0.3, -0.25) is 4.90 Å². The van der Waals surface area contributed by atoms with Gasteiger partial charge in [0.1, 0.15) is 5.60 Å². The van der Waals surface area contributed by atoms with E-state index in [9.17, 15) is 13.6 Å². The summed E-state index contributed by atoms with van der Waals surface area (Å²) in [6.45, 7) is 5.38. The fourth-order valence-electron chi connectivity index (χ4n) is 2.10. The molecule has 0 aliphatic carbocycles. The summed E-state index contributed by atoms with van der Waals surface area (Å²) in [4.78, 5) is 13.0. The number of halogens is 2. The van der Waals surface area contributed by atoms with Crippen LogP contribution >= 0.6 is 0 Å². The van der Waals surface area contributed by atoms with E-state index in [2.05, 4.69) is 0 Å². The van der Waals surface area contributed by atoms with Gasteiger partial charge in [-0.2, -0.15) is 0 Å². The van der Waals surface area contributed by atoms with E-state index in [1.54, 1.807) is 20.8 Å². The maximum absolute atomic E-state index is 13.8. The number of nitrogens with zero attached hydrogens (tertiary/aromatic N) is 1. The van der Waals surface area contributed by atoms with Gasteiger partial charge < -0.3 is 10.5 Å². The van der Waals surface area contributed by atoms with E-state index in [1.807, 2.05) is 0 Å². The minimum absolute atomic E-state index is 0.0916. The second kappa shape index (κ2) is 5.38. The number of likely N-dealkylation sites (tertiary alicyclic amines) is 1. The van der Waals surface area contributed by atoms with Crippen LogP contribution in [0.3, 0.4) is 0 Å². The lowest BCUT2D eigenvalue weighted by molar-refractivity contribution is -0.0763. The molecule has 1 unspecified atom stereocenters. The van der Waals surface area contributed by atoms with Crippen molar-refractivity contribution in [2.24, 2.45) is 5.73 Å². The van der Waals surface area contributed by atoms with Crippen molar-refractivity contribution in [1.29, 1.82) is 0 Å². The lowest BCUT2D eigenvalue weighted by atomic mass is 10.0. The summed E-state index contributed by atoms with van der Waals surface area (Å²) in [7, 11) is 0. The van der Waals surface area contributed by atoms with Gasteiger partial charge in [0.15, 0.2) is 0 Å². The van der Waals surface area contributed by atoms with Crippen molar-refractivity contribution in [3.05, 3.63) is 0 Å². The maximum Gasteiger partial charge on any atom is 0.410 e. The van der Waals surface area contributed by atoms with Crippen molar-refractivity contribution in [2.75, 3.05) is 13.1 Å². The normalized spacial score (nSPS) is 21.2. The standard InChI is InChI=1S/C12H22F2N2O2/c1-11(2,3)18-10(17)16-8-4-5-9(16)12(13,14)6-7-15/h9H,4-8,15H2,1-3H3. The van der Waals surface area contributed by atoms with Crippen LogP contribution < -0.4 is 5.73 Å². The molecule has 1 aliphatic heterocycles. The SMILES string of the molecule is CC(C)(C)OC(=O)N1CCCC1C(F)(F)CCN. The van der Waals surface area contributed by atoms with Gasteiger partial charge in [0, 0.05) is 13.0 Å². The molecule has 106 valence electrons. The van der Waals surface area contributed by atoms with Gasteiger partial charge in [-0.15, -0.1) is 0 Å². The zero-order chi connectivity index (χ0) is 14.0. The second-order valence-corrected chi connectivity index (χ2v) is 5.63. The van der Waals surface area contributed by atoms with E-state index in [-0.39, 0.29) is 6.54 Å². The first-order chi connectivity index (χ1) is 8.17. The Balaban J connectivity index is 2.73. The number of hydrogen-bond acceptors (Lipinski definition) is 3. The minimum Gasteiger partial charge on any atom is -0.444 e. The maximum atomic E-state index is 13.8. The van der Waals surface area contributed by atoms with Crippen molar-refractivity contribution in [2.45, 2.75) is 57.6 Å². The van der Waals surface area contributed by atoms with Crippen molar-refractivity contribution in [3.8, 4) is 0 Å². The fraction of sp³-hybridized carbons (Fsp3) is 0.917. The number of alkyl halides is 2. The van der Waals surface area contributed by atoms with E-state index < -0.39 is 30.1 Å². The molecule has 1 atom stereocenters. The molecule has 2 N–H and O–H groups in total. The molecule has 4 nitrogen and oxygen atoms in total. The summed E-state index contributed by atoms with van der Waals surface area (Å²) in [5.74, 6) is -2.94. The summed E-state index contributed by atoms with van der Waals surface area (Å²) in [5, 5.41) is 0. The quantitative estimate of drug-likeness (QED) is 0.851. The summed E-state index contributed by atoms with van der Waals surface area (Å²) in [6.07, 6.45) is -0.200. The molecule has 0 spiro atoms. The first kappa shape index (κ1) is 15.1. The van der Waals surface area contributed by atoms with Gasteiger partial charge in [0.2, 0.25) is 0 Å². The van der Waals surface area contributed by atoms with Gasteiger partial charge >= 0.3 is 6.09 Å². The van der Waals surface area contributed by atoms with Gasteiger partial charge in [-0.1, -0.05) is 0 Å². The third-order valence-electron chi connectivity index (χ3n) is 2.85. The highest BCUT2D eigenvalue weighted by Gasteiger charge is 2.47. The molecular weight excluding hydrogens is 242 g/mol. The van der Waals surface area contributed by atoms with Gasteiger partial charge in [0.05, 0.1) is 6.04 Å². The van der Waals surface area contributed by atoms with Crippen LogP contribution in [0, 0.1) is 0 Å². The number of carbonyl (C=O) groups excluding carboxylic acids is 1. The van der Waals surface area contributed by atoms with Gasteiger partial charge in [0.25, 0.3) is 5.92 Å². The van der Waals surface area contributed by atoms with Gasteiger partial charge in [-0.05, 0) is 40.2 Å². The molecule has 1 amide bonds. The Bertz CT molecular complexity index is 303. The first-order valence-corrected chi connectivity index (χ1v) is 6.25. The smallest absolute Gasteiger partial charge is 0.410 e. The van der Waals surface area contributed by atoms with Crippen LogP contribution in [0.25, 0.3) is 0 Å². The Morgan fingerprint density at radius 1 is 1.44 bits per heavy atom. The Labute approximate surface area is 106 Å². The molecule has 6 heteroatoms. The number of amides is 1. The third-order valence-corrected chi connectivity index (χ3v) is 2.85. The highest BCUT2D eigenvalue weighted by molar-refractivity contribution is 5.69. The van der Waals surface area contributed by atoms with Crippen LogP contribution in [-0.2, 0) is 4.74 Å². The van der Waals surface area contributed by atoms with E-state index in [0.717, 1.165) is 4.90 Å². The number of hydrogen-bond donors (Lipinski definition) is 1. The Kier molecular flexibility index (Phi) is 4.53. The predicted molar refractivity (Wildman–Crippen MR) is 64.6 cm³/mol. The van der Waals surface area contributed by atoms with E-state index >= 15 is 0 Å². The van der Waals surface area contributed by atoms with Crippen LogP contribution in [0.5, 0.6) is 0 Å². The molecule has 0 radical (unpaired) electrons. The van der Waals surface area contributed by atoms with Gasteiger partial charge in [-0.25, -0.2) is 13.6 Å². The molecule has 0 aromatic rings. The first-order valence-electron chi connectivity index (χ1n) is 6.25. The molecule has 1 rings (SSSR count). The topological polar surface area (TPSA) is 55.6 Å². The van der Waals surface area contributed by atoms with Crippen molar-refractivity contribution in [1.82, 2.24) is 4.90 Å². The predicted octanol–water partition coefficient (Wildman–Crippen LogP) is 2.37. The molecule has 0 aromatic heterocycles. The molecule has 0 aromatic carbocycles. The second-order valence-electron chi connectivity index (χ2n) is 5.63. The molecule has 1 saturated heterocycles. The summed E-state index contributed by atoms with van der Waals surface area (Å²) >= 11 is 0. The number of carbonyl (C=O) groups is 1. The van der Waals surface area contributed by atoms with E-state index in [4.69, 9.17) is 10.5 Å². The number of rotatable bonds is 3. The van der Waals surface area contributed by atoms with Crippen molar-refractivity contribution < 1.29 is 18.3 Å². The third kappa shape index (κ3) is 3.80. The van der Waals surface area contributed by atoms with Crippen LogP contribution in [0.2, 0.25) is 0 Å². The van der Waals surface area contributed by atoms with E-state index in [1.165, 1.54) is 0 Å². The Morgan fingerprint density at radius 2 is 2.06 bits per heavy atom. The number of nitrogens with two attached hydrogens (primary N) is 1. The molecule has 0 bridgehead atoms. The van der Waals surface area contributed by atoms with Crippen molar-refractivity contribution in [3.63, 3.8) is 0 Å². The van der Waals surface area contributed by atoms with Crippen LogP contribution in [0.15, 0.2) is 0 Å². The minimum atomic E-state index is -2.94. The zero-order valence-corrected chi connectivity index (χ0v) is 11.2. The van der Waals surface area contributed by atoms with Crippen LogP contribution in [-0.4, -0.2) is 41.6 Å². The lowest BCUT2D eigenvalue weighted by Gasteiger charge is -2.32. The Morgan fingerprint density at radius 3 is 2.56 bits per heavy atom. The van der Waals surface area contributed by atoms with Crippen LogP contribution in [0.1, 0.15) is 40.0 Å². The highest BCUT2D eigenvalue weighted by atomic mass is 19.3. The fourth-order valence-corrected chi connectivity index (χ4v) is 2.10.